The molecule has 2 saturated carbocycles. The van der Waals surface area contributed by atoms with Gasteiger partial charge >= 0.3 is 5.97 Å². The van der Waals surface area contributed by atoms with Gasteiger partial charge in [-0.15, -0.1) is 0 Å². The van der Waals surface area contributed by atoms with Gasteiger partial charge in [0.15, 0.2) is 0 Å². The molecular weight excluding hydrogens is 479 g/mol. The van der Waals surface area contributed by atoms with Crippen LogP contribution in [0.25, 0.3) is 0 Å². The summed E-state index contributed by atoms with van der Waals surface area (Å²) in [4.78, 5) is 12.1. The molecule has 3 nitrogen and oxygen atoms in total. The third kappa shape index (κ3) is 3.93. The maximum Gasteiger partial charge on any atom is 0.308 e. The monoisotopic (exact) mass is 505 g/mol. The minimum atomic E-state index is -0.530. The molecule has 3 aliphatic carbocycles. The van der Waals surface area contributed by atoms with Gasteiger partial charge in [0.1, 0.15) is 5.60 Å². The van der Waals surface area contributed by atoms with Crippen LogP contribution < -0.4 is 0 Å². The molecule has 0 aromatic carbocycles. The molecule has 0 aliphatic heterocycles. The Morgan fingerprint density at radius 1 is 1.33 bits per heavy atom. The average molecular weight is 505 g/mol. The topological polar surface area (TPSA) is 46.5 Å². The standard InChI is InChI=1S/C17H26O3.Ac/c1-2-17(7-3-4-8-17)20-16(19)11-15(18)14-10-12-5-6-13(14)9-12;/h5-6,12-15,18H,2-4,7-11H2,1H3;. The molecule has 21 heavy (non-hydrogen) atoms. The van der Waals surface area contributed by atoms with E-state index in [1.165, 1.54) is 0 Å². The van der Waals surface area contributed by atoms with Crippen LogP contribution in [0.4, 0.5) is 0 Å². The average Bonchev–Trinajstić information content (AvgIpc) is 3.14. The van der Waals surface area contributed by atoms with E-state index in [9.17, 15) is 9.90 Å². The molecule has 4 atom stereocenters. The molecule has 0 heterocycles. The Morgan fingerprint density at radius 2 is 2.05 bits per heavy atom. The third-order valence-electron chi connectivity index (χ3n) is 5.69. The van der Waals surface area contributed by atoms with E-state index in [1.807, 2.05) is 0 Å². The summed E-state index contributed by atoms with van der Waals surface area (Å²) in [6.07, 6.45) is 11.5. The first kappa shape index (κ1) is 18.0. The van der Waals surface area contributed by atoms with E-state index in [1.54, 1.807) is 0 Å². The van der Waals surface area contributed by atoms with Gasteiger partial charge < -0.3 is 9.84 Å². The maximum absolute atomic E-state index is 12.1. The Labute approximate surface area is 163 Å². The van der Waals surface area contributed by atoms with Crippen molar-refractivity contribution in [2.75, 3.05) is 0 Å². The number of allylic oxidation sites excluding steroid dienone is 2. The Kier molecular flexibility index (Phi) is 6.37. The van der Waals surface area contributed by atoms with Gasteiger partial charge in [0.25, 0.3) is 0 Å². The molecule has 2 bridgehead atoms. The minimum Gasteiger partial charge on any atom is -0.459 e. The molecule has 0 spiro atoms. The van der Waals surface area contributed by atoms with Crippen LogP contribution in [0.15, 0.2) is 12.2 Å². The summed E-state index contributed by atoms with van der Waals surface area (Å²) in [5, 5.41) is 10.3. The van der Waals surface area contributed by atoms with Crippen molar-refractivity contribution in [2.45, 2.75) is 70.0 Å². The second kappa shape index (κ2) is 7.45. The number of fused-ring (bicyclic) bond motifs is 2. The van der Waals surface area contributed by atoms with Crippen molar-refractivity contribution in [1.82, 2.24) is 0 Å². The van der Waals surface area contributed by atoms with Crippen LogP contribution >= 0.6 is 0 Å². The predicted molar refractivity (Wildman–Crippen MR) is 77.0 cm³/mol. The summed E-state index contributed by atoms with van der Waals surface area (Å²) >= 11 is 0. The van der Waals surface area contributed by atoms with Crippen molar-refractivity contribution in [3.05, 3.63) is 12.2 Å². The van der Waals surface area contributed by atoms with Crippen LogP contribution in [0.3, 0.4) is 0 Å². The molecule has 3 aliphatic rings. The first-order chi connectivity index (χ1) is 9.62. The normalized spacial score (nSPS) is 33.7. The molecule has 115 valence electrons. The fraction of sp³-hybridized carbons (Fsp3) is 0.824. The number of carbonyl (C=O) groups excluding carboxylic acids is 1. The molecule has 3 rings (SSSR count). The van der Waals surface area contributed by atoms with E-state index in [4.69, 9.17) is 4.74 Å². The van der Waals surface area contributed by atoms with Crippen molar-refractivity contribution < 1.29 is 58.7 Å². The van der Waals surface area contributed by atoms with Crippen molar-refractivity contribution in [2.24, 2.45) is 17.8 Å². The summed E-state index contributed by atoms with van der Waals surface area (Å²) < 4.78 is 5.74. The Balaban J connectivity index is 0.00000161. The Bertz CT molecular complexity index is 401. The zero-order chi connectivity index (χ0) is 14.2. The van der Waals surface area contributed by atoms with Gasteiger partial charge in [0.05, 0.1) is 12.5 Å². The number of aliphatic hydroxyl groups is 1. The SMILES string of the molecule is CCC1(OC(=O)CC(O)C2CC3C=CC2C3)CCCC1.[Ac]. The zero-order valence-corrected chi connectivity index (χ0v) is 17.7. The first-order valence-corrected chi connectivity index (χ1v) is 8.20. The van der Waals surface area contributed by atoms with E-state index < -0.39 is 6.10 Å². The Hall–Kier alpha value is 0.612. The van der Waals surface area contributed by atoms with Gasteiger partial charge in [-0.05, 0) is 62.7 Å². The summed E-state index contributed by atoms with van der Waals surface area (Å²) in [7, 11) is 0. The molecule has 4 unspecified atom stereocenters. The number of hydrogen-bond acceptors (Lipinski definition) is 3. The zero-order valence-electron chi connectivity index (χ0n) is 13.0. The molecule has 0 saturated heterocycles. The molecule has 1 radical (unpaired) electrons. The second-order valence-electron chi connectivity index (χ2n) is 6.93. The largest absolute Gasteiger partial charge is 0.459 e. The molecule has 0 aromatic heterocycles. The van der Waals surface area contributed by atoms with Crippen LogP contribution in [0.2, 0.25) is 0 Å². The van der Waals surface area contributed by atoms with Crippen LogP contribution in [0, 0.1) is 61.8 Å². The quantitative estimate of drug-likeness (QED) is 0.461. The number of rotatable bonds is 5. The van der Waals surface area contributed by atoms with Crippen molar-refractivity contribution in [3.8, 4) is 0 Å². The molecule has 0 aromatic rings. The predicted octanol–water partition coefficient (Wildman–Crippen LogP) is 3.22. The van der Waals surface area contributed by atoms with E-state index in [2.05, 4.69) is 19.1 Å². The summed E-state index contributed by atoms with van der Waals surface area (Å²) in [5.41, 5.74) is -0.231. The van der Waals surface area contributed by atoms with Crippen LogP contribution in [0.5, 0.6) is 0 Å². The van der Waals surface area contributed by atoms with Crippen molar-refractivity contribution in [3.63, 3.8) is 0 Å². The van der Waals surface area contributed by atoms with Crippen molar-refractivity contribution >= 4 is 5.97 Å². The van der Waals surface area contributed by atoms with Crippen LogP contribution in [-0.2, 0) is 9.53 Å². The van der Waals surface area contributed by atoms with Gasteiger partial charge in [-0.3, -0.25) is 4.79 Å². The van der Waals surface area contributed by atoms with E-state index >= 15 is 0 Å². The number of carbonyl (C=O) groups is 1. The van der Waals surface area contributed by atoms with E-state index in [-0.39, 0.29) is 68.0 Å². The Morgan fingerprint density at radius 3 is 2.57 bits per heavy atom. The third-order valence-corrected chi connectivity index (χ3v) is 5.69. The van der Waals surface area contributed by atoms with E-state index in [0.29, 0.717) is 11.8 Å². The fourth-order valence-corrected chi connectivity index (χ4v) is 4.42. The molecule has 4 heteroatoms. The van der Waals surface area contributed by atoms with Gasteiger partial charge in [-0.1, -0.05) is 19.1 Å². The van der Waals surface area contributed by atoms with Crippen LogP contribution in [0.1, 0.15) is 58.3 Å². The van der Waals surface area contributed by atoms with Gasteiger partial charge in [-0.25, -0.2) is 0 Å². The summed E-state index contributed by atoms with van der Waals surface area (Å²) in [5.74, 6) is 1.17. The number of hydrogen-bond donors (Lipinski definition) is 1. The van der Waals surface area contributed by atoms with Gasteiger partial charge in [-0.2, -0.15) is 0 Å². The number of aliphatic hydroxyl groups excluding tert-OH is 1. The second-order valence-corrected chi connectivity index (χ2v) is 6.93. The number of ether oxygens (including phenoxy) is 1. The van der Waals surface area contributed by atoms with Gasteiger partial charge in [0, 0.05) is 44.1 Å². The maximum atomic E-state index is 12.1. The molecule has 2 fully saturated rings. The van der Waals surface area contributed by atoms with Crippen molar-refractivity contribution in [1.29, 1.82) is 0 Å². The number of esters is 1. The smallest absolute Gasteiger partial charge is 0.308 e. The van der Waals surface area contributed by atoms with Gasteiger partial charge in [0.2, 0.25) is 0 Å². The molecule has 1 N–H and O–H groups in total. The molecule has 0 amide bonds. The fourth-order valence-electron chi connectivity index (χ4n) is 4.42. The minimum absolute atomic E-state index is 0. The summed E-state index contributed by atoms with van der Waals surface area (Å²) in [6, 6.07) is 0. The molecular formula is C17H26AcO3. The first-order valence-electron chi connectivity index (χ1n) is 8.20. The van der Waals surface area contributed by atoms with E-state index in [0.717, 1.165) is 44.9 Å². The van der Waals surface area contributed by atoms with Crippen LogP contribution in [-0.4, -0.2) is 22.8 Å². The summed E-state index contributed by atoms with van der Waals surface area (Å²) in [6.45, 7) is 2.09.